The Morgan fingerprint density at radius 3 is 2.64 bits per heavy atom. The maximum atomic E-state index is 11.9. The highest BCUT2D eigenvalue weighted by Gasteiger charge is 2.31. The molecule has 1 atom stereocenters. The van der Waals surface area contributed by atoms with Crippen molar-refractivity contribution in [3.05, 3.63) is 64.7 Å². The quantitative estimate of drug-likeness (QED) is 0.334. The highest BCUT2D eigenvalue weighted by Crippen LogP contribution is 2.07. The van der Waals surface area contributed by atoms with Gasteiger partial charge < -0.3 is 9.84 Å². The van der Waals surface area contributed by atoms with Crippen molar-refractivity contribution >= 4 is 12.1 Å². The Kier molecular flexibility index (Phi) is 6.21. The first kappa shape index (κ1) is 18.1. The van der Waals surface area contributed by atoms with E-state index in [0.717, 1.165) is 10.1 Å². The molecule has 132 valence electrons. The molecule has 0 amide bonds. The van der Waals surface area contributed by atoms with Gasteiger partial charge in [-0.25, -0.2) is 9.36 Å². The average molecular weight is 348 g/mol. The van der Waals surface area contributed by atoms with Crippen molar-refractivity contribution in [1.29, 1.82) is 0 Å². The third-order valence-corrected chi connectivity index (χ3v) is 3.56. The van der Waals surface area contributed by atoms with Gasteiger partial charge in [0.2, 0.25) is 0 Å². The summed E-state index contributed by atoms with van der Waals surface area (Å²) in [5.74, 6) is -0.873. The van der Waals surface area contributed by atoms with Gasteiger partial charge in [-0.3, -0.25) is 10.1 Å². The maximum Gasteiger partial charge on any atom is 0.509 e. The molecular formula is C16H18N3O6+. The molecule has 1 heterocycles. The SMILES string of the molecule is O=C(OCc1ccccc1)C(CCC[n+]1ccn(C(=O)O)c1)[N+](=O)[O-]. The van der Waals surface area contributed by atoms with E-state index in [9.17, 15) is 19.7 Å². The number of carbonyl (C=O) groups excluding carboxylic acids is 1. The van der Waals surface area contributed by atoms with Crippen LogP contribution in [-0.4, -0.2) is 32.7 Å². The van der Waals surface area contributed by atoms with E-state index in [1.807, 2.05) is 6.07 Å². The van der Waals surface area contributed by atoms with Crippen LogP contribution in [0.4, 0.5) is 4.79 Å². The lowest BCUT2D eigenvalue weighted by molar-refractivity contribution is -0.697. The number of carboxylic acid groups (broad SMARTS) is 1. The molecule has 0 bridgehead atoms. The number of benzene rings is 1. The minimum atomic E-state index is -1.44. The summed E-state index contributed by atoms with van der Waals surface area (Å²) in [6.45, 7) is 0.344. The fraction of sp³-hybridized carbons (Fsp3) is 0.312. The molecule has 0 saturated carbocycles. The molecule has 0 saturated heterocycles. The molecule has 1 unspecified atom stereocenters. The van der Waals surface area contributed by atoms with Crippen molar-refractivity contribution in [2.45, 2.75) is 32.0 Å². The third-order valence-electron chi connectivity index (χ3n) is 3.56. The molecule has 0 spiro atoms. The summed E-state index contributed by atoms with van der Waals surface area (Å²) >= 11 is 0. The molecule has 2 aromatic rings. The lowest BCUT2D eigenvalue weighted by atomic mass is 10.1. The van der Waals surface area contributed by atoms with Crippen LogP contribution in [0.25, 0.3) is 0 Å². The Labute approximate surface area is 143 Å². The predicted molar refractivity (Wildman–Crippen MR) is 84.3 cm³/mol. The number of hydrogen-bond donors (Lipinski definition) is 1. The van der Waals surface area contributed by atoms with Crippen LogP contribution in [-0.2, 0) is 22.7 Å². The molecule has 2 rings (SSSR count). The summed E-state index contributed by atoms with van der Waals surface area (Å²) in [6.07, 6.45) is 3.49. The molecular weight excluding hydrogens is 330 g/mol. The molecule has 9 nitrogen and oxygen atoms in total. The standard InChI is InChI=1S/C16H17N3O6/c20-15(25-11-13-5-2-1-3-6-13)14(19(23)24)7-4-8-17-9-10-18(12-17)16(21)22/h1-3,5-6,9-10,12,14H,4,7-8,11H2/p+1. The van der Waals surface area contributed by atoms with Gasteiger partial charge >= 0.3 is 18.1 Å². The van der Waals surface area contributed by atoms with Gasteiger partial charge in [-0.05, 0) is 12.0 Å². The third kappa shape index (κ3) is 5.41. The zero-order chi connectivity index (χ0) is 18.2. The van der Waals surface area contributed by atoms with Gasteiger partial charge in [0.25, 0.3) is 6.33 Å². The molecule has 0 aliphatic heterocycles. The molecule has 1 aromatic heterocycles. The van der Waals surface area contributed by atoms with Crippen LogP contribution < -0.4 is 4.57 Å². The van der Waals surface area contributed by atoms with Gasteiger partial charge in [-0.15, -0.1) is 4.57 Å². The smallest absolute Gasteiger partial charge is 0.456 e. The first-order valence-electron chi connectivity index (χ1n) is 7.62. The fourth-order valence-electron chi connectivity index (χ4n) is 2.24. The van der Waals surface area contributed by atoms with E-state index in [1.54, 1.807) is 35.0 Å². The number of nitro groups is 1. The van der Waals surface area contributed by atoms with E-state index in [2.05, 4.69) is 0 Å². The van der Waals surface area contributed by atoms with Crippen molar-refractivity contribution in [3.8, 4) is 0 Å². The normalized spacial score (nSPS) is 11.7. The van der Waals surface area contributed by atoms with Crippen molar-refractivity contribution in [2.24, 2.45) is 0 Å². The summed E-state index contributed by atoms with van der Waals surface area (Å²) in [5, 5.41) is 19.9. The van der Waals surface area contributed by atoms with Gasteiger partial charge in [0.05, 0.1) is 6.54 Å². The van der Waals surface area contributed by atoms with Crippen molar-refractivity contribution in [1.82, 2.24) is 4.57 Å². The Hall–Kier alpha value is -3.23. The zero-order valence-electron chi connectivity index (χ0n) is 13.4. The number of esters is 1. The Morgan fingerprint density at radius 2 is 2.04 bits per heavy atom. The van der Waals surface area contributed by atoms with Gasteiger partial charge in [0.1, 0.15) is 19.0 Å². The average Bonchev–Trinajstić information content (AvgIpc) is 3.06. The van der Waals surface area contributed by atoms with Gasteiger partial charge in [0.15, 0.2) is 0 Å². The van der Waals surface area contributed by atoms with Crippen LogP contribution in [0.3, 0.4) is 0 Å². The first-order valence-corrected chi connectivity index (χ1v) is 7.62. The minimum absolute atomic E-state index is 0.00583. The minimum Gasteiger partial charge on any atom is -0.456 e. The topological polar surface area (TPSA) is 116 Å². The number of carbonyl (C=O) groups is 2. The molecule has 25 heavy (non-hydrogen) atoms. The van der Waals surface area contributed by atoms with Crippen LogP contribution in [0.5, 0.6) is 0 Å². The van der Waals surface area contributed by atoms with Crippen molar-refractivity contribution in [2.75, 3.05) is 0 Å². The molecule has 0 aliphatic carbocycles. The molecule has 9 heteroatoms. The van der Waals surface area contributed by atoms with Gasteiger partial charge in [-0.2, -0.15) is 4.79 Å². The maximum absolute atomic E-state index is 11.9. The van der Waals surface area contributed by atoms with E-state index >= 15 is 0 Å². The second kappa shape index (κ2) is 8.57. The van der Waals surface area contributed by atoms with Crippen LogP contribution in [0.1, 0.15) is 18.4 Å². The Bertz CT molecular complexity index is 743. The van der Waals surface area contributed by atoms with Crippen LogP contribution in [0.2, 0.25) is 0 Å². The summed E-state index contributed by atoms with van der Waals surface area (Å²) in [5.41, 5.74) is 0.753. The fourth-order valence-corrected chi connectivity index (χ4v) is 2.24. The van der Waals surface area contributed by atoms with Crippen molar-refractivity contribution < 1.29 is 28.9 Å². The van der Waals surface area contributed by atoms with Crippen molar-refractivity contribution in [3.63, 3.8) is 0 Å². The summed E-state index contributed by atoms with van der Waals surface area (Å²) in [6, 6.07) is 7.48. The van der Waals surface area contributed by atoms with Crippen LogP contribution in [0, 0.1) is 10.1 Å². The Balaban J connectivity index is 1.83. The highest BCUT2D eigenvalue weighted by molar-refractivity contribution is 5.74. The second-order valence-electron chi connectivity index (χ2n) is 5.38. The highest BCUT2D eigenvalue weighted by atomic mass is 16.6. The largest absolute Gasteiger partial charge is 0.509 e. The first-order chi connectivity index (χ1) is 12.0. The molecule has 0 aliphatic rings. The predicted octanol–water partition coefficient (Wildman–Crippen LogP) is 1.47. The monoisotopic (exact) mass is 348 g/mol. The van der Waals surface area contributed by atoms with Crippen LogP contribution >= 0.6 is 0 Å². The number of imidazole rings is 1. The van der Waals surface area contributed by atoms with Crippen LogP contribution in [0.15, 0.2) is 49.1 Å². The molecule has 0 fully saturated rings. The van der Waals surface area contributed by atoms with E-state index in [4.69, 9.17) is 9.84 Å². The molecule has 1 N–H and O–H groups in total. The second-order valence-corrected chi connectivity index (χ2v) is 5.38. The van der Waals surface area contributed by atoms with E-state index in [0.29, 0.717) is 13.0 Å². The lowest BCUT2D eigenvalue weighted by Crippen LogP contribution is -2.35. The zero-order valence-corrected chi connectivity index (χ0v) is 13.4. The number of aromatic nitrogens is 2. The molecule has 1 aromatic carbocycles. The summed E-state index contributed by atoms with van der Waals surface area (Å²) in [7, 11) is 0. The number of nitrogens with zero attached hydrogens (tertiary/aromatic N) is 3. The number of rotatable bonds is 8. The lowest BCUT2D eigenvalue weighted by Gasteiger charge is -2.09. The summed E-state index contributed by atoms with van der Waals surface area (Å²) in [4.78, 5) is 33.2. The number of hydrogen-bond acceptors (Lipinski definition) is 5. The number of ether oxygens (including phenoxy) is 1. The van der Waals surface area contributed by atoms with E-state index in [-0.39, 0.29) is 13.0 Å². The van der Waals surface area contributed by atoms with Gasteiger partial charge in [0, 0.05) is 11.3 Å². The Morgan fingerprint density at radius 1 is 1.32 bits per heavy atom. The van der Waals surface area contributed by atoms with E-state index < -0.39 is 23.0 Å². The van der Waals surface area contributed by atoms with E-state index in [1.165, 1.54) is 12.5 Å². The van der Waals surface area contributed by atoms with Gasteiger partial charge in [-0.1, -0.05) is 30.3 Å². The molecule has 0 radical (unpaired) electrons. The summed E-state index contributed by atoms with van der Waals surface area (Å²) < 4.78 is 7.58. The number of aryl methyl sites for hydroxylation is 1.